The Balaban J connectivity index is 2.06. The van der Waals surface area contributed by atoms with Crippen molar-refractivity contribution in [1.29, 1.82) is 0 Å². The number of carbonyl (C=O) groups excluding carboxylic acids is 1. The van der Waals surface area contributed by atoms with Crippen molar-refractivity contribution >= 4 is 17.2 Å². The molecule has 30 heavy (non-hydrogen) atoms. The fourth-order valence-electron chi connectivity index (χ4n) is 3.19. The Kier molecular flexibility index (Phi) is 8.66. The summed E-state index contributed by atoms with van der Waals surface area (Å²) in [5.41, 5.74) is 4.21. The van der Waals surface area contributed by atoms with Gasteiger partial charge in [-0.2, -0.15) is 0 Å². The van der Waals surface area contributed by atoms with E-state index in [0.29, 0.717) is 18.5 Å². The first-order valence-electron chi connectivity index (χ1n) is 10.2. The van der Waals surface area contributed by atoms with Crippen LogP contribution in [-0.2, 0) is 11.2 Å². The summed E-state index contributed by atoms with van der Waals surface area (Å²) in [5.74, 6) is -0.694. The molecule has 1 N–H and O–H groups in total. The van der Waals surface area contributed by atoms with Gasteiger partial charge in [0, 0.05) is 42.3 Å². The molecule has 4 nitrogen and oxygen atoms in total. The van der Waals surface area contributed by atoms with Crippen molar-refractivity contribution in [3.63, 3.8) is 0 Å². The first-order chi connectivity index (χ1) is 14.3. The van der Waals surface area contributed by atoms with Crippen LogP contribution in [0.1, 0.15) is 50.0 Å². The molecule has 1 aromatic rings. The molecule has 0 heterocycles. The van der Waals surface area contributed by atoms with E-state index in [1.165, 1.54) is 25.5 Å². The van der Waals surface area contributed by atoms with Crippen LogP contribution >= 0.6 is 0 Å². The Labute approximate surface area is 177 Å². The van der Waals surface area contributed by atoms with Crippen LogP contribution in [0.25, 0.3) is 0 Å². The summed E-state index contributed by atoms with van der Waals surface area (Å²) in [5, 5.41) is 3.29. The third-order valence-corrected chi connectivity index (χ3v) is 5.07. The summed E-state index contributed by atoms with van der Waals surface area (Å²) >= 11 is 0. The lowest BCUT2D eigenvalue weighted by Crippen LogP contribution is -2.26. The molecule has 0 fully saturated rings. The maximum atomic E-state index is 14.3. The Hall–Kier alpha value is -2.60. The lowest BCUT2D eigenvalue weighted by Gasteiger charge is -2.21. The van der Waals surface area contributed by atoms with E-state index in [1.54, 1.807) is 6.92 Å². The van der Waals surface area contributed by atoms with Gasteiger partial charge in [0.1, 0.15) is 11.9 Å². The molecule has 2 rings (SSSR count). The molecule has 0 aromatic heterocycles. The van der Waals surface area contributed by atoms with E-state index in [-0.39, 0.29) is 11.4 Å². The van der Waals surface area contributed by atoms with Crippen molar-refractivity contribution in [3.8, 4) is 0 Å². The minimum absolute atomic E-state index is 0.141. The highest BCUT2D eigenvalue weighted by Gasteiger charge is 2.29. The molecule has 6 heteroatoms. The van der Waals surface area contributed by atoms with Crippen LogP contribution in [0.5, 0.6) is 0 Å². The summed E-state index contributed by atoms with van der Waals surface area (Å²) in [6.45, 7) is 7.92. The van der Waals surface area contributed by atoms with Gasteiger partial charge in [-0.1, -0.05) is 26.0 Å². The van der Waals surface area contributed by atoms with Crippen LogP contribution in [0, 0.1) is 0 Å². The van der Waals surface area contributed by atoms with Gasteiger partial charge in [0.2, 0.25) is 0 Å². The van der Waals surface area contributed by atoms with Crippen molar-refractivity contribution in [2.75, 3.05) is 19.0 Å². The summed E-state index contributed by atoms with van der Waals surface area (Å²) in [6, 6.07) is 5.73. The second kappa shape index (κ2) is 11.0. The molecular formula is C24H30F2N2O2. The number of rotatable bonds is 9. The number of nitrogens with zero attached hydrogens (tertiary/aromatic N) is 1. The number of Topliss-reactive ketones (excluding diaryl/α,β-unsaturated/α-hetero) is 1. The zero-order valence-corrected chi connectivity index (χ0v) is 18.3. The van der Waals surface area contributed by atoms with E-state index in [2.05, 4.69) is 10.3 Å². The highest BCUT2D eigenvalue weighted by Crippen LogP contribution is 2.29. The standard InChI is InChI=1S/C24H30F2N2O2/c1-6-17-12-18(8-9-20(17)21(29)7-2)28-14-16(4)27-13-15(3)19-10-11-22(30-5)24(26)23(19)25/h8-13,22,24,28H,6-7,14H2,1-5H3/b15-13+,27-16+. The second-order valence-electron chi connectivity index (χ2n) is 7.26. The SMILES string of the molecule is CCC(=O)c1ccc(NC/C(C)=N/C=C(\C)C2=C(F)C(F)C(OC)C=C2)cc1CC. The van der Waals surface area contributed by atoms with Crippen molar-refractivity contribution in [2.45, 2.75) is 52.8 Å². The number of ether oxygens (including phenoxy) is 1. The zero-order valence-electron chi connectivity index (χ0n) is 18.3. The number of halogens is 2. The predicted molar refractivity (Wildman–Crippen MR) is 119 cm³/mol. The monoisotopic (exact) mass is 416 g/mol. The minimum Gasteiger partial charge on any atom is -0.380 e. The van der Waals surface area contributed by atoms with Crippen LogP contribution < -0.4 is 5.32 Å². The molecule has 1 aromatic carbocycles. The highest BCUT2D eigenvalue weighted by atomic mass is 19.2. The van der Waals surface area contributed by atoms with Crippen molar-refractivity contribution in [1.82, 2.24) is 0 Å². The summed E-state index contributed by atoms with van der Waals surface area (Å²) < 4.78 is 33.2. The Bertz CT molecular complexity index is 900. The molecular weight excluding hydrogens is 386 g/mol. The van der Waals surface area contributed by atoms with Crippen LogP contribution in [0.3, 0.4) is 0 Å². The van der Waals surface area contributed by atoms with Gasteiger partial charge >= 0.3 is 0 Å². The number of ketones is 1. The van der Waals surface area contributed by atoms with Gasteiger partial charge in [-0.05, 0) is 49.6 Å². The first-order valence-corrected chi connectivity index (χ1v) is 10.2. The number of anilines is 1. The molecule has 0 spiro atoms. The van der Waals surface area contributed by atoms with Gasteiger partial charge in [-0.15, -0.1) is 0 Å². The lowest BCUT2D eigenvalue weighted by atomic mass is 9.97. The third kappa shape index (κ3) is 5.72. The van der Waals surface area contributed by atoms with Gasteiger partial charge in [-0.25, -0.2) is 8.78 Å². The molecule has 0 bridgehead atoms. The number of methoxy groups -OCH3 is 1. The van der Waals surface area contributed by atoms with Crippen molar-refractivity contribution in [2.24, 2.45) is 4.99 Å². The number of alkyl halides is 1. The minimum atomic E-state index is -1.81. The molecule has 0 radical (unpaired) electrons. The van der Waals surface area contributed by atoms with Gasteiger partial charge in [0.05, 0.1) is 6.54 Å². The number of carbonyl (C=O) groups is 1. The van der Waals surface area contributed by atoms with E-state index >= 15 is 0 Å². The van der Waals surface area contributed by atoms with Crippen LogP contribution in [0.15, 0.2) is 58.5 Å². The molecule has 0 amide bonds. The first kappa shape index (κ1) is 23.7. The van der Waals surface area contributed by atoms with Gasteiger partial charge in [0.15, 0.2) is 12.0 Å². The number of aliphatic imine (C=N–C) groups is 1. The number of nitrogens with one attached hydrogen (secondary N) is 1. The molecule has 1 aliphatic rings. The van der Waals surface area contributed by atoms with E-state index in [1.807, 2.05) is 39.0 Å². The fourth-order valence-corrected chi connectivity index (χ4v) is 3.19. The number of aryl methyl sites for hydroxylation is 1. The average molecular weight is 417 g/mol. The third-order valence-electron chi connectivity index (χ3n) is 5.07. The maximum Gasteiger partial charge on any atom is 0.181 e. The molecule has 2 atom stereocenters. The molecule has 162 valence electrons. The highest BCUT2D eigenvalue weighted by molar-refractivity contribution is 5.97. The largest absolute Gasteiger partial charge is 0.380 e. The van der Waals surface area contributed by atoms with Gasteiger partial charge < -0.3 is 10.1 Å². The molecule has 1 aliphatic carbocycles. The number of hydrogen-bond acceptors (Lipinski definition) is 4. The smallest absolute Gasteiger partial charge is 0.181 e. The van der Waals surface area contributed by atoms with E-state index in [0.717, 1.165) is 28.9 Å². The lowest BCUT2D eigenvalue weighted by molar-refractivity contribution is 0.0701. The molecule has 0 saturated heterocycles. The zero-order chi connectivity index (χ0) is 22.3. The van der Waals surface area contributed by atoms with Gasteiger partial charge in [0.25, 0.3) is 0 Å². The molecule has 2 unspecified atom stereocenters. The van der Waals surface area contributed by atoms with E-state index in [9.17, 15) is 13.6 Å². The Morgan fingerprint density at radius 3 is 2.67 bits per heavy atom. The molecule has 0 aliphatic heterocycles. The maximum absolute atomic E-state index is 14.3. The van der Waals surface area contributed by atoms with Crippen molar-refractivity contribution < 1.29 is 18.3 Å². The summed E-state index contributed by atoms with van der Waals surface area (Å²) in [6.07, 6.45) is 3.13. The van der Waals surface area contributed by atoms with Crippen molar-refractivity contribution in [3.05, 3.63) is 64.7 Å². The normalized spacial score (nSPS) is 20.0. The number of hydrogen-bond donors (Lipinski definition) is 1. The fraction of sp³-hybridized carbons (Fsp3) is 0.417. The predicted octanol–water partition coefficient (Wildman–Crippen LogP) is 5.76. The van der Waals surface area contributed by atoms with Gasteiger partial charge in [-0.3, -0.25) is 9.79 Å². The van der Waals surface area contributed by atoms with E-state index < -0.39 is 18.1 Å². The summed E-state index contributed by atoms with van der Waals surface area (Å²) in [7, 11) is 1.35. The Morgan fingerprint density at radius 1 is 1.30 bits per heavy atom. The Morgan fingerprint density at radius 2 is 2.03 bits per heavy atom. The van der Waals surface area contributed by atoms with Crippen LogP contribution in [0.2, 0.25) is 0 Å². The van der Waals surface area contributed by atoms with Crippen LogP contribution in [0.4, 0.5) is 14.5 Å². The topological polar surface area (TPSA) is 50.7 Å². The summed E-state index contributed by atoms with van der Waals surface area (Å²) in [4.78, 5) is 16.4. The number of allylic oxidation sites excluding steroid dienone is 3. The quantitative estimate of drug-likeness (QED) is 0.411. The average Bonchev–Trinajstić information content (AvgIpc) is 2.76. The second-order valence-corrected chi connectivity index (χ2v) is 7.26. The number of benzene rings is 1. The molecule has 0 saturated carbocycles. The van der Waals surface area contributed by atoms with E-state index in [4.69, 9.17) is 4.74 Å². The van der Waals surface area contributed by atoms with Crippen LogP contribution in [-0.4, -0.2) is 37.4 Å².